The lowest BCUT2D eigenvalue weighted by molar-refractivity contribution is -0.140. The van der Waals surface area contributed by atoms with Gasteiger partial charge in [0.05, 0.1) is 0 Å². The molecule has 1 aromatic heterocycles. The number of hydrogen-bond donors (Lipinski definition) is 0. The van der Waals surface area contributed by atoms with Gasteiger partial charge in [0.15, 0.2) is 0 Å². The highest BCUT2D eigenvalue weighted by atomic mass is 19.4. The van der Waals surface area contributed by atoms with Crippen molar-refractivity contribution in [3.8, 4) is 5.88 Å². The van der Waals surface area contributed by atoms with Crippen molar-refractivity contribution < 1.29 is 17.9 Å². The van der Waals surface area contributed by atoms with Crippen molar-refractivity contribution in [3.05, 3.63) is 42.1 Å². The summed E-state index contributed by atoms with van der Waals surface area (Å²) in [5.41, 5.74) is -1.04. The van der Waals surface area contributed by atoms with E-state index in [0.29, 0.717) is 0 Å². The highest BCUT2D eigenvalue weighted by molar-refractivity contribution is 5.56. The Kier molecular flexibility index (Phi) is 4.49. The van der Waals surface area contributed by atoms with Gasteiger partial charge < -0.3 is 9.64 Å². The molecule has 1 aromatic carbocycles. The van der Waals surface area contributed by atoms with Crippen LogP contribution in [-0.2, 0) is 6.18 Å². The predicted octanol–water partition coefficient (Wildman–Crippen LogP) is 4.44. The summed E-state index contributed by atoms with van der Waals surface area (Å²) in [5.74, 6) is -0.346. The SMILES string of the molecule is CN(c1ccccc1)c1ncc(C(F)(F)F)c(OC(C)(C)C)n1. The van der Waals surface area contributed by atoms with Crippen molar-refractivity contribution >= 4 is 11.6 Å². The van der Waals surface area contributed by atoms with E-state index in [2.05, 4.69) is 9.97 Å². The van der Waals surface area contributed by atoms with E-state index in [1.54, 1.807) is 32.7 Å². The van der Waals surface area contributed by atoms with Crippen LogP contribution in [0.25, 0.3) is 0 Å². The van der Waals surface area contributed by atoms with E-state index in [0.717, 1.165) is 11.9 Å². The average Bonchev–Trinajstić information content (AvgIpc) is 2.44. The average molecular weight is 325 g/mol. The summed E-state index contributed by atoms with van der Waals surface area (Å²) in [7, 11) is 1.68. The summed E-state index contributed by atoms with van der Waals surface area (Å²) in [6, 6.07) is 9.11. The highest BCUT2D eigenvalue weighted by Crippen LogP contribution is 2.37. The van der Waals surface area contributed by atoms with E-state index >= 15 is 0 Å². The fourth-order valence-electron chi connectivity index (χ4n) is 1.85. The first kappa shape index (κ1) is 17.1. The lowest BCUT2D eigenvalue weighted by atomic mass is 10.2. The van der Waals surface area contributed by atoms with Crippen molar-refractivity contribution in [1.82, 2.24) is 9.97 Å². The fourth-order valence-corrected chi connectivity index (χ4v) is 1.85. The van der Waals surface area contributed by atoms with Gasteiger partial charge in [0, 0.05) is 18.9 Å². The Morgan fingerprint density at radius 3 is 2.17 bits per heavy atom. The molecule has 0 atom stereocenters. The first-order valence-corrected chi connectivity index (χ1v) is 7.00. The minimum Gasteiger partial charge on any atom is -0.471 e. The molecule has 4 nitrogen and oxygen atoms in total. The highest BCUT2D eigenvalue weighted by Gasteiger charge is 2.37. The summed E-state index contributed by atoms with van der Waals surface area (Å²) in [6.07, 6.45) is -3.83. The van der Waals surface area contributed by atoms with Gasteiger partial charge in [-0.25, -0.2) is 4.98 Å². The first-order chi connectivity index (χ1) is 10.6. The number of benzene rings is 1. The Morgan fingerprint density at radius 1 is 1.04 bits per heavy atom. The Labute approximate surface area is 132 Å². The van der Waals surface area contributed by atoms with Crippen LogP contribution >= 0.6 is 0 Å². The van der Waals surface area contributed by atoms with E-state index in [4.69, 9.17) is 4.74 Å². The predicted molar refractivity (Wildman–Crippen MR) is 81.9 cm³/mol. The van der Waals surface area contributed by atoms with Gasteiger partial charge in [-0.1, -0.05) is 18.2 Å². The molecule has 0 amide bonds. The summed E-state index contributed by atoms with van der Waals surface area (Å²) >= 11 is 0. The number of ether oxygens (including phenoxy) is 1. The van der Waals surface area contributed by atoms with Gasteiger partial charge in [-0.3, -0.25) is 0 Å². The van der Waals surface area contributed by atoms with Crippen molar-refractivity contribution in [2.24, 2.45) is 0 Å². The van der Waals surface area contributed by atoms with Gasteiger partial charge in [-0.15, -0.1) is 0 Å². The zero-order chi connectivity index (χ0) is 17.3. The van der Waals surface area contributed by atoms with Gasteiger partial charge in [-0.2, -0.15) is 18.2 Å². The maximum Gasteiger partial charge on any atom is 0.423 e. The molecule has 0 spiro atoms. The molecule has 0 bridgehead atoms. The minimum absolute atomic E-state index is 0.128. The quantitative estimate of drug-likeness (QED) is 0.836. The van der Waals surface area contributed by atoms with E-state index < -0.39 is 23.2 Å². The van der Waals surface area contributed by atoms with Crippen LogP contribution in [0.3, 0.4) is 0 Å². The molecule has 1 heterocycles. The molecule has 0 unspecified atom stereocenters. The molecule has 0 saturated carbocycles. The van der Waals surface area contributed by atoms with Crippen LogP contribution in [0.2, 0.25) is 0 Å². The zero-order valence-corrected chi connectivity index (χ0v) is 13.3. The fraction of sp³-hybridized carbons (Fsp3) is 0.375. The third kappa shape index (κ3) is 4.34. The molecule has 0 aliphatic heterocycles. The van der Waals surface area contributed by atoms with E-state index in [-0.39, 0.29) is 5.95 Å². The largest absolute Gasteiger partial charge is 0.471 e. The van der Waals surface area contributed by atoms with Crippen molar-refractivity contribution in [2.45, 2.75) is 32.5 Å². The van der Waals surface area contributed by atoms with Crippen LogP contribution in [0.1, 0.15) is 26.3 Å². The molecule has 0 aliphatic carbocycles. The van der Waals surface area contributed by atoms with Crippen LogP contribution < -0.4 is 9.64 Å². The van der Waals surface area contributed by atoms with E-state index in [1.807, 2.05) is 30.3 Å². The molecular formula is C16H18F3N3O. The Bertz CT molecular complexity index is 667. The molecule has 2 aromatic rings. The van der Waals surface area contributed by atoms with Gasteiger partial charge in [0.2, 0.25) is 11.8 Å². The number of hydrogen-bond acceptors (Lipinski definition) is 4. The van der Waals surface area contributed by atoms with Crippen LogP contribution in [0.5, 0.6) is 5.88 Å². The molecular weight excluding hydrogens is 307 g/mol. The first-order valence-electron chi connectivity index (χ1n) is 7.00. The lowest BCUT2D eigenvalue weighted by Gasteiger charge is -2.24. The Balaban J connectivity index is 2.45. The number of nitrogens with zero attached hydrogens (tertiary/aromatic N) is 3. The maximum atomic E-state index is 13.1. The Hall–Kier alpha value is -2.31. The van der Waals surface area contributed by atoms with Crippen LogP contribution in [0, 0.1) is 0 Å². The van der Waals surface area contributed by atoms with E-state index in [1.165, 1.54) is 0 Å². The molecule has 7 heteroatoms. The lowest BCUT2D eigenvalue weighted by Crippen LogP contribution is -2.26. The standard InChI is InChI=1S/C16H18F3N3O/c1-15(2,3)23-13-12(16(17,18)19)10-20-14(21-13)22(4)11-8-6-5-7-9-11/h5-10H,1-4H3. The van der Waals surface area contributed by atoms with Gasteiger partial charge >= 0.3 is 6.18 Å². The molecule has 0 N–H and O–H groups in total. The number of para-hydroxylation sites is 1. The maximum absolute atomic E-state index is 13.1. The van der Waals surface area contributed by atoms with Crippen molar-refractivity contribution in [2.75, 3.05) is 11.9 Å². The molecule has 2 rings (SSSR count). The topological polar surface area (TPSA) is 38.2 Å². The summed E-state index contributed by atoms with van der Waals surface area (Å²) in [5, 5.41) is 0. The molecule has 23 heavy (non-hydrogen) atoms. The smallest absolute Gasteiger partial charge is 0.423 e. The molecule has 0 saturated heterocycles. The monoisotopic (exact) mass is 325 g/mol. The minimum atomic E-state index is -4.58. The summed E-state index contributed by atoms with van der Waals surface area (Å²) < 4.78 is 44.7. The number of alkyl halides is 3. The number of rotatable bonds is 3. The van der Waals surface area contributed by atoms with Crippen LogP contribution in [0.4, 0.5) is 24.8 Å². The van der Waals surface area contributed by atoms with Gasteiger partial charge in [0.1, 0.15) is 11.2 Å². The van der Waals surface area contributed by atoms with Crippen LogP contribution in [-0.4, -0.2) is 22.6 Å². The molecule has 0 fully saturated rings. The van der Waals surface area contributed by atoms with Gasteiger partial charge in [0.25, 0.3) is 0 Å². The van der Waals surface area contributed by atoms with E-state index in [9.17, 15) is 13.2 Å². The number of anilines is 2. The number of halogens is 3. The molecule has 124 valence electrons. The zero-order valence-electron chi connectivity index (χ0n) is 13.3. The third-order valence-electron chi connectivity index (χ3n) is 2.89. The van der Waals surface area contributed by atoms with Gasteiger partial charge in [-0.05, 0) is 32.9 Å². The third-order valence-corrected chi connectivity index (χ3v) is 2.89. The summed E-state index contributed by atoms with van der Waals surface area (Å²) in [6.45, 7) is 4.99. The molecule has 0 aliphatic rings. The number of aromatic nitrogens is 2. The molecule has 0 radical (unpaired) electrons. The Morgan fingerprint density at radius 2 is 1.65 bits per heavy atom. The second-order valence-corrected chi connectivity index (χ2v) is 6.00. The second-order valence-electron chi connectivity index (χ2n) is 6.00. The summed E-state index contributed by atoms with van der Waals surface area (Å²) in [4.78, 5) is 9.39. The second kappa shape index (κ2) is 6.06. The van der Waals surface area contributed by atoms with Crippen molar-refractivity contribution in [3.63, 3.8) is 0 Å². The van der Waals surface area contributed by atoms with Crippen LogP contribution in [0.15, 0.2) is 36.5 Å². The normalized spacial score (nSPS) is 12.1. The van der Waals surface area contributed by atoms with Crippen molar-refractivity contribution in [1.29, 1.82) is 0 Å².